The predicted octanol–water partition coefficient (Wildman–Crippen LogP) is 4.11. The zero-order valence-electron chi connectivity index (χ0n) is 14.3. The van der Waals surface area contributed by atoms with Crippen LogP contribution in [0, 0.1) is 0 Å². The van der Waals surface area contributed by atoms with Gasteiger partial charge in [0, 0.05) is 26.8 Å². The molecule has 0 aromatic heterocycles. The average Bonchev–Trinajstić information content (AvgIpc) is 2.62. The van der Waals surface area contributed by atoms with Gasteiger partial charge in [0.25, 0.3) is 0 Å². The zero-order chi connectivity index (χ0) is 17.1. The summed E-state index contributed by atoms with van der Waals surface area (Å²) in [7, 11) is 5.57. The predicted molar refractivity (Wildman–Crippen MR) is 100 cm³/mol. The molecule has 0 fully saturated rings. The molecule has 0 spiro atoms. The third-order valence-electron chi connectivity index (χ3n) is 4.32. The maximum atomic E-state index is 12.8. The molecule has 3 aromatic carbocycles. The fourth-order valence-corrected chi connectivity index (χ4v) is 2.96. The van der Waals surface area contributed by atoms with Crippen LogP contribution < -0.4 is 4.90 Å². The molecule has 3 heteroatoms. The number of rotatable bonds is 4. The summed E-state index contributed by atoms with van der Waals surface area (Å²) in [5.74, 6) is 0.0665. The van der Waals surface area contributed by atoms with E-state index in [2.05, 4.69) is 30.3 Å². The Morgan fingerprint density at radius 2 is 1.42 bits per heavy atom. The topological polar surface area (TPSA) is 23.6 Å². The molecule has 1 atom stereocenters. The van der Waals surface area contributed by atoms with Crippen molar-refractivity contribution in [2.45, 2.75) is 6.04 Å². The van der Waals surface area contributed by atoms with Gasteiger partial charge in [-0.2, -0.15) is 0 Å². The molecule has 0 saturated carbocycles. The standard InChI is InChI=1S/C21H22N2O/c1-22(2)21(24)20(17-10-5-4-6-11-17)23(3)19-14-13-16-9-7-8-12-18(16)15-19/h4-15,20H,1-3H3/t20-/m1/s1. The molecule has 0 radical (unpaired) electrons. The molecule has 0 N–H and O–H groups in total. The molecule has 0 heterocycles. The molecular formula is C21H22N2O. The van der Waals surface area contributed by atoms with Crippen LogP contribution in [0.3, 0.4) is 0 Å². The number of anilines is 1. The van der Waals surface area contributed by atoms with E-state index >= 15 is 0 Å². The zero-order valence-corrected chi connectivity index (χ0v) is 14.3. The number of hydrogen-bond acceptors (Lipinski definition) is 2. The lowest BCUT2D eigenvalue weighted by molar-refractivity contribution is -0.130. The van der Waals surface area contributed by atoms with Crippen LogP contribution in [0.1, 0.15) is 11.6 Å². The van der Waals surface area contributed by atoms with Gasteiger partial charge in [0.2, 0.25) is 5.91 Å². The van der Waals surface area contributed by atoms with Gasteiger partial charge in [-0.05, 0) is 28.5 Å². The van der Waals surface area contributed by atoms with Crippen molar-refractivity contribution < 1.29 is 4.79 Å². The number of hydrogen-bond donors (Lipinski definition) is 0. The molecule has 0 unspecified atom stereocenters. The Hall–Kier alpha value is -2.81. The molecule has 0 aliphatic heterocycles. The number of nitrogens with zero attached hydrogens (tertiary/aromatic N) is 2. The maximum Gasteiger partial charge on any atom is 0.249 e. The second kappa shape index (κ2) is 6.75. The molecule has 3 nitrogen and oxygen atoms in total. The Bertz CT molecular complexity index is 843. The Balaban J connectivity index is 2.04. The van der Waals surface area contributed by atoms with Crippen LogP contribution in [0.5, 0.6) is 0 Å². The molecule has 3 rings (SSSR count). The van der Waals surface area contributed by atoms with E-state index in [1.165, 1.54) is 10.8 Å². The van der Waals surface area contributed by atoms with E-state index < -0.39 is 0 Å². The number of amides is 1. The highest BCUT2D eigenvalue weighted by molar-refractivity contribution is 5.89. The number of fused-ring (bicyclic) bond motifs is 1. The third-order valence-corrected chi connectivity index (χ3v) is 4.32. The second-order valence-corrected chi connectivity index (χ2v) is 6.19. The second-order valence-electron chi connectivity index (χ2n) is 6.19. The van der Waals surface area contributed by atoms with Crippen molar-refractivity contribution in [1.29, 1.82) is 0 Å². The summed E-state index contributed by atoms with van der Waals surface area (Å²) in [6, 6.07) is 24.1. The lowest BCUT2D eigenvalue weighted by atomic mass is 10.0. The lowest BCUT2D eigenvalue weighted by Gasteiger charge is -2.31. The van der Waals surface area contributed by atoms with Crippen LogP contribution in [-0.4, -0.2) is 32.0 Å². The van der Waals surface area contributed by atoms with Gasteiger partial charge < -0.3 is 9.80 Å². The van der Waals surface area contributed by atoms with Gasteiger partial charge in [0.15, 0.2) is 0 Å². The van der Waals surface area contributed by atoms with Gasteiger partial charge in [-0.1, -0.05) is 60.7 Å². The van der Waals surface area contributed by atoms with Gasteiger partial charge in [0.1, 0.15) is 6.04 Å². The van der Waals surface area contributed by atoms with Crippen LogP contribution in [0.4, 0.5) is 5.69 Å². The van der Waals surface area contributed by atoms with E-state index in [0.717, 1.165) is 11.3 Å². The van der Waals surface area contributed by atoms with Gasteiger partial charge >= 0.3 is 0 Å². The molecule has 0 bridgehead atoms. The van der Waals surface area contributed by atoms with Crippen molar-refractivity contribution in [3.05, 3.63) is 78.4 Å². The highest BCUT2D eigenvalue weighted by atomic mass is 16.2. The lowest BCUT2D eigenvalue weighted by Crippen LogP contribution is -2.38. The fraction of sp³-hybridized carbons (Fsp3) is 0.190. The molecule has 1 amide bonds. The minimum absolute atomic E-state index is 0.0665. The van der Waals surface area contributed by atoms with E-state index in [0.29, 0.717) is 0 Å². The highest BCUT2D eigenvalue weighted by Crippen LogP contribution is 2.29. The quantitative estimate of drug-likeness (QED) is 0.723. The van der Waals surface area contributed by atoms with E-state index in [1.807, 2.05) is 54.4 Å². The van der Waals surface area contributed by atoms with Gasteiger partial charge in [-0.15, -0.1) is 0 Å². The highest BCUT2D eigenvalue weighted by Gasteiger charge is 2.26. The SMILES string of the molecule is CN(C)C(=O)[C@@H](c1ccccc1)N(C)c1ccc2ccccc2c1. The van der Waals surface area contributed by atoms with E-state index in [-0.39, 0.29) is 11.9 Å². The third kappa shape index (κ3) is 3.11. The van der Waals surface area contributed by atoms with Crippen molar-refractivity contribution >= 4 is 22.4 Å². The summed E-state index contributed by atoms with van der Waals surface area (Å²) in [6.45, 7) is 0. The first-order chi connectivity index (χ1) is 11.6. The monoisotopic (exact) mass is 318 g/mol. The van der Waals surface area contributed by atoms with E-state index in [1.54, 1.807) is 19.0 Å². The number of carbonyl (C=O) groups excluding carboxylic acids is 1. The van der Waals surface area contributed by atoms with Crippen molar-refractivity contribution in [2.75, 3.05) is 26.0 Å². The first-order valence-electron chi connectivity index (χ1n) is 8.05. The molecule has 3 aromatic rings. The van der Waals surface area contributed by atoms with Crippen molar-refractivity contribution in [2.24, 2.45) is 0 Å². The summed E-state index contributed by atoms with van der Waals surface area (Å²) >= 11 is 0. The van der Waals surface area contributed by atoms with Crippen LogP contribution in [0.15, 0.2) is 72.8 Å². The number of carbonyl (C=O) groups is 1. The van der Waals surface area contributed by atoms with Gasteiger partial charge in [0.05, 0.1) is 0 Å². The largest absolute Gasteiger partial charge is 0.359 e. The first kappa shape index (κ1) is 16.1. The molecule has 122 valence electrons. The summed E-state index contributed by atoms with van der Waals surface area (Å²) in [4.78, 5) is 16.5. The Kier molecular flexibility index (Phi) is 4.52. The van der Waals surface area contributed by atoms with E-state index in [9.17, 15) is 4.79 Å². The Morgan fingerprint density at radius 3 is 2.08 bits per heavy atom. The van der Waals surface area contributed by atoms with Gasteiger partial charge in [-0.25, -0.2) is 0 Å². The molecule has 24 heavy (non-hydrogen) atoms. The maximum absolute atomic E-state index is 12.8. The number of likely N-dealkylation sites (N-methyl/N-ethyl adjacent to an activating group) is 2. The summed E-state index contributed by atoms with van der Waals surface area (Å²) in [5.41, 5.74) is 2.02. The number of benzene rings is 3. The van der Waals surface area contributed by atoms with Crippen molar-refractivity contribution in [3.8, 4) is 0 Å². The summed E-state index contributed by atoms with van der Waals surface area (Å²) in [5, 5.41) is 2.37. The van der Waals surface area contributed by atoms with Crippen molar-refractivity contribution in [3.63, 3.8) is 0 Å². The normalized spacial score (nSPS) is 12.0. The summed E-state index contributed by atoms with van der Waals surface area (Å²) in [6.07, 6.45) is 0. The fourth-order valence-electron chi connectivity index (χ4n) is 2.96. The average molecular weight is 318 g/mol. The van der Waals surface area contributed by atoms with Crippen LogP contribution in [0.25, 0.3) is 10.8 Å². The Labute approximate surface area is 143 Å². The molecule has 0 aliphatic rings. The Morgan fingerprint density at radius 1 is 0.792 bits per heavy atom. The molecule has 0 aliphatic carbocycles. The van der Waals surface area contributed by atoms with Gasteiger partial charge in [-0.3, -0.25) is 4.79 Å². The molecular weight excluding hydrogens is 296 g/mol. The minimum atomic E-state index is -0.345. The smallest absolute Gasteiger partial charge is 0.249 e. The van der Waals surface area contributed by atoms with Crippen LogP contribution in [0.2, 0.25) is 0 Å². The first-order valence-corrected chi connectivity index (χ1v) is 8.05. The molecule has 0 saturated heterocycles. The van der Waals surface area contributed by atoms with Crippen molar-refractivity contribution in [1.82, 2.24) is 4.90 Å². The van der Waals surface area contributed by atoms with Crippen LogP contribution in [-0.2, 0) is 4.79 Å². The summed E-state index contributed by atoms with van der Waals surface area (Å²) < 4.78 is 0. The van der Waals surface area contributed by atoms with Crippen LogP contribution >= 0.6 is 0 Å². The van der Waals surface area contributed by atoms with E-state index in [4.69, 9.17) is 0 Å². The minimum Gasteiger partial charge on any atom is -0.359 e.